The van der Waals surface area contributed by atoms with Crippen LogP contribution in [0.15, 0.2) is 28.7 Å². The maximum Gasteiger partial charge on any atom is 0.224 e. The van der Waals surface area contributed by atoms with Gasteiger partial charge in [0, 0.05) is 11.0 Å². The van der Waals surface area contributed by atoms with Crippen molar-refractivity contribution in [1.82, 2.24) is 5.32 Å². The van der Waals surface area contributed by atoms with E-state index in [9.17, 15) is 4.79 Å². The SMILES string of the molecule is CC(C)CC(Cl)CNC(=O)Cc1cccc(Br)c1. The van der Waals surface area contributed by atoms with Crippen LogP contribution in [0, 0.1) is 5.92 Å². The van der Waals surface area contributed by atoms with E-state index in [1.54, 1.807) is 0 Å². The van der Waals surface area contributed by atoms with Crippen LogP contribution in [-0.2, 0) is 11.2 Å². The number of halogens is 2. The van der Waals surface area contributed by atoms with Crippen LogP contribution >= 0.6 is 27.5 Å². The van der Waals surface area contributed by atoms with Crippen LogP contribution in [0.3, 0.4) is 0 Å². The van der Waals surface area contributed by atoms with Crippen molar-refractivity contribution in [2.45, 2.75) is 32.1 Å². The molecule has 1 aromatic rings. The summed E-state index contributed by atoms with van der Waals surface area (Å²) in [6, 6.07) is 7.76. The summed E-state index contributed by atoms with van der Waals surface area (Å²) in [4.78, 5) is 11.7. The molecule has 0 aliphatic rings. The van der Waals surface area contributed by atoms with Crippen molar-refractivity contribution in [3.8, 4) is 0 Å². The van der Waals surface area contributed by atoms with Crippen LogP contribution < -0.4 is 5.32 Å². The first kappa shape index (κ1) is 15.5. The minimum absolute atomic E-state index is 0.0106. The number of carbonyl (C=O) groups is 1. The molecular weight excluding hydrogens is 314 g/mol. The van der Waals surface area contributed by atoms with Gasteiger partial charge in [-0.25, -0.2) is 0 Å². The third-order valence-electron chi connectivity index (χ3n) is 2.50. The van der Waals surface area contributed by atoms with Crippen LogP contribution in [0.2, 0.25) is 0 Å². The summed E-state index contributed by atoms with van der Waals surface area (Å²) in [5.41, 5.74) is 0.997. The Kier molecular flexibility index (Phi) is 6.72. The Bertz CT molecular complexity index is 395. The fourth-order valence-electron chi connectivity index (χ4n) is 1.71. The molecular formula is C14H19BrClNO. The highest BCUT2D eigenvalue weighted by Crippen LogP contribution is 2.12. The second-order valence-corrected chi connectivity index (χ2v) is 6.37. The highest BCUT2D eigenvalue weighted by Gasteiger charge is 2.09. The molecule has 1 N–H and O–H groups in total. The molecule has 1 atom stereocenters. The molecule has 0 fully saturated rings. The zero-order valence-corrected chi connectivity index (χ0v) is 13.1. The van der Waals surface area contributed by atoms with Gasteiger partial charge in [-0.3, -0.25) is 4.79 Å². The van der Waals surface area contributed by atoms with Gasteiger partial charge in [0.2, 0.25) is 5.91 Å². The molecule has 0 saturated carbocycles. The van der Waals surface area contributed by atoms with Gasteiger partial charge in [-0.05, 0) is 30.0 Å². The highest BCUT2D eigenvalue weighted by atomic mass is 79.9. The first-order valence-electron chi connectivity index (χ1n) is 6.12. The van der Waals surface area contributed by atoms with Gasteiger partial charge in [0.05, 0.1) is 11.8 Å². The van der Waals surface area contributed by atoms with Crippen molar-refractivity contribution >= 4 is 33.4 Å². The number of carbonyl (C=O) groups excluding carboxylic acids is 1. The number of rotatable bonds is 6. The zero-order valence-electron chi connectivity index (χ0n) is 10.7. The molecule has 0 saturated heterocycles. The quantitative estimate of drug-likeness (QED) is 0.790. The van der Waals surface area contributed by atoms with Crippen molar-refractivity contribution in [3.05, 3.63) is 34.3 Å². The molecule has 2 nitrogen and oxygen atoms in total. The van der Waals surface area contributed by atoms with Crippen molar-refractivity contribution in [1.29, 1.82) is 0 Å². The van der Waals surface area contributed by atoms with Gasteiger partial charge in [0.15, 0.2) is 0 Å². The van der Waals surface area contributed by atoms with E-state index < -0.39 is 0 Å². The Morgan fingerprint density at radius 2 is 2.17 bits per heavy atom. The fraction of sp³-hybridized carbons (Fsp3) is 0.500. The van der Waals surface area contributed by atoms with Gasteiger partial charge in [-0.2, -0.15) is 0 Å². The molecule has 0 radical (unpaired) electrons. The van der Waals surface area contributed by atoms with Crippen LogP contribution in [-0.4, -0.2) is 17.8 Å². The fourth-order valence-corrected chi connectivity index (χ4v) is 2.59. The van der Waals surface area contributed by atoms with Gasteiger partial charge in [0.25, 0.3) is 0 Å². The molecule has 0 aliphatic heterocycles. The highest BCUT2D eigenvalue weighted by molar-refractivity contribution is 9.10. The molecule has 4 heteroatoms. The predicted molar refractivity (Wildman–Crippen MR) is 80.0 cm³/mol. The maximum absolute atomic E-state index is 11.7. The average Bonchev–Trinajstić information content (AvgIpc) is 2.25. The lowest BCUT2D eigenvalue weighted by Gasteiger charge is -2.13. The van der Waals surface area contributed by atoms with E-state index in [0.29, 0.717) is 18.9 Å². The van der Waals surface area contributed by atoms with Gasteiger partial charge in [0.1, 0.15) is 0 Å². The summed E-state index contributed by atoms with van der Waals surface area (Å²) in [7, 11) is 0. The summed E-state index contributed by atoms with van der Waals surface area (Å²) in [6.07, 6.45) is 1.31. The summed E-state index contributed by atoms with van der Waals surface area (Å²) in [6.45, 7) is 4.78. The molecule has 0 spiro atoms. The molecule has 0 aliphatic carbocycles. The molecule has 0 bridgehead atoms. The van der Waals surface area contributed by atoms with Gasteiger partial charge in [-0.1, -0.05) is 41.9 Å². The third-order valence-corrected chi connectivity index (χ3v) is 3.33. The van der Waals surface area contributed by atoms with E-state index in [4.69, 9.17) is 11.6 Å². The van der Waals surface area contributed by atoms with Gasteiger partial charge < -0.3 is 5.32 Å². The summed E-state index contributed by atoms with van der Waals surface area (Å²) >= 11 is 9.51. The lowest BCUT2D eigenvalue weighted by molar-refractivity contribution is -0.120. The van der Waals surface area contributed by atoms with Crippen molar-refractivity contribution < 1.29 is 4.79 Å². The first-order chi connectivity index (χ1) is 8.47. The molecule has 1 aromatic carbocycles. The number of amides is 1. The topological polar surface area (TPSA) is 29.1 Å². The lowest BCUT2D eigenvalue weighted by atomic mass is 10.1. The third kappa shape index (κ3) is 6.41. The van der Waals surface area contributed by atoms with Crippen molar-refractivity contribution in [3.63, 3.8) is 0 Å². The maximum atomic E-state index is 11.7. The van der Waals surface area contributed by atoms with Crippen LogP contribution in [0.5, 0.6) is 0 Å². The first-order valence-corrected chi connectivity index (χ1v) is 7.35. The Labute approximate surface area is 122 Å². The zero-order chi connectivity index (χ0) is 13.5. The molecule has 1 amide bonds. The average molecular weight is 333 g/mol. The predicted octanol–water partition coefficient (Wildman–Crippen LogP) is 3.76. The van der Waals surface area contributed by atoms with E-state index in [1.807, 2.05) is 24.3 Å². The number of hydrogen-bond acceptors (Lipinski definition) is 1. The monoisotopic (exact) mass is 331 g/mol. The lowest BCUT2D eigenvalue weighted by Crippen LogP contribution is -2.31. The second kappa shape index (κ2) is 7.80. The molecule has 100 valence electrons. The van der Waals surface area contributed by atoms with E-state index in [1.165, 1.54) is 0 Å². The standard InChI is InChI=1S/C14H19BrClNO/c1-10(2)6-13(16)9-17-14(18)8-11-4-3-5-12(15)7-11/h3-5,7,10,13H,6,8-9H2,1-2H3,(H,17,18). The molecule has 18 heavy (non-hydrogen) atoms. The van der Waals surface area contributed by atoms with E-state index in [-0.39, 0.29) is 11.3 Å². The van der Waals surface area contributed by atoms with Crippen LogP contribution in [0.4, 0.5) is 0 Å². The smallest absolute Gasteiger partial charge is 0.224 e. The van der Waals surface area contributed by atoms with E-state index in [2.05, 4.69) is 35.1 Å². The number of nitrogens with one attached hydrogen (secondary N) is 1. The number of alkyl halides is 1. The van der Waals surface area contributed by atoms with E-state index in [0.717, 1.165) is 16.5 Å². The van der Waals surface area contributed by atoms with Gasteiger partial charge >= 0.3 is 0 Å². The summed E-state index contributed by atoms with van der Waals surface area (Å²) in [5, 5.41) is 2.88. The summed E-state index contributed by atoms with van der Waals surface area (Å²) < 4.78 is 0.989. The minimum Gasteiger partial charge on any atom is -0.354 e. The van der Waals surface area contributed by atoms with Crippen molar-refractivity contribution in [2.75, 3.05) is 6.54 Å². The Morgan fingerprint density at radius 1 is 1.44 bits per heavy atom. The van der Waals surface area contributed by atoms with Gasteiger partial charge in [-0.15, -0.1) is 11.6 Å². The molecule has 1 rings (SSSR count). The largest absolute Gasteiger partial charge is 0.354 e. The normalized spacial score (nSPS) is 12.5. The minimum atomic E-state index is 0.0106. The second-order valence-electron chi connectivity index (χ2n) is 4.84. The molecule has 0 heterocycles. The van der Waals surface area contributed by atoms with Crippen molar-refractivity contribution in [2.24, 2.45) is 5.92 Å². The molecule has 1 unspecified atom stereocenters. The number of hydrogen-bond donors (Lipinski definition) is 1. The number of benzene rings is 1. The Balaban J connectivity index is 2.34. The summed E-state index contributed by atoms with van der Waals surface area (Å²) in [5.74, 6) is 0.567. The van der Waals surface area contributed by atoms with Crippen LogP contribution in [0.1, 0.15) is 25.8 Å². The molecule has 0 aromatic heterocycles. The Morgan fingerprint density at radius 3 is 2.78 bits per heavy atom. The van der Waals surface area contributed by atoms with E-state index >= 15 is 0 Å². The van der Waals surface area contributed by atoms with Crippen LogP contribution in [0.25, 0.3) is 0 Å². The Hall–Kier alpha value is -0.540.